The van der Waals surface area contributed by atoms with E-state index in [0.717, 1.165) is 0 Å². The van der Waals surface area contributed by atoms with E-state index in [1.54, 1.807) is 12.1 Å². The zero-order valence-electron chi connectivity index (χ0n) is 9.37. The lowest BCUT2D eigenvalue weighted by Crippen LogP contribution is -2.01. The number of ether oxygens (including phenoxy) is 3. The maximum atomic E-state index is 10.7. The molecule has 0 atom stereocenters. The van der Waals surface area contributed by atoms with Gasteiger partial charge in [0.15, 0.2) is 11.5 Å². The van der Waals surface area contributed by atoms with Gasteiger partial charge in [-0.25, -0.2) is 0 Å². The molecule has 0 saturated carbocycles. The minimum Gasteiger partial charge on any atom is -0.493 e. The van der Waals surface area contributed by atoms with Crippen molar-refractivity contribution in [1.82, 2.24) is 0 Å². The molecular weight excluding hydrogens is 232 g/mol. The summed E-state index contributed by atoms with van der Waals surface area (Å²) in [4.78, 5) is 10.7. The van der Waals surface area contributed by atoms with Crippen molar-refractivity contribution in [3.8, 4) is 11.5 Å². The summed E-state index contributed by atoms with van der Waals surface area (Å²) < 4.78 is 15.1. The van der Waals surface area contributed by atoms with E-state index in [4.69, 9.17) is 25.8 Å². The van der Waals surface area contributed by atoms with Crippen molar-refractivity contribution < 1.29 is 19.0 Å². The fraction of sp³-hybridized carbons (Fsp3) is 0.364. The molecule has 0 aliphatic heterocycles. The second-order valence-corrected chi connectivity index (χ2v) is 3.43. The Morgan fingerprint density at radius 3 is 2.50 bits per heavy atom. The highest BCUT2D eigenvalue weighted by molar-refractivity contribution is 6.33. The molecule has 0 spiro atoms. The number of halogens is 1. The average Bonchev–Trinajstić information content (AvgIpc) is 2.26. The first-order chi connectivity index (χ1) is 7.60. The molecule has 1 rings (SSSR count). The Morgan fingerprint density at radius 2 is 2.00 bits per heavy atom. The fourth-order valence-electron chi connectivity index (χ4n) is 1.22. The monoisotopic (exact) mass is 244 g/mol. The lowest BCUT2D eigenvalue weighted by molar-refractivity contribution is -0.142. The van der Waals surface area contributed by atoms with Crippen LogP contribution in [-0.4, -0.2) is 20.2 Å². The highest BCUT2D eigenvalue weighted by Crippen LogP contribution is 2.37. The van der Waals surface area contributed by atoms with Crippen LogP contribution in [0.4, 0.5) is 0 Å². The summed E-state index contributed by atoms with van der Waals surface area (Å²) in [6, 6.07) is 3.44. The molecule has 4 nitrogen and oxygen atoms in total. The van der Waals surface area contributed by atoms with E-state index in [-0.39, 0.29) is 12.6 Å². The van der Waals surface area contributed by atoms with Crippen LogP contribution in [0.15, 0.2) is 12.1 Å². The number of benzene rings is 1. The molecule has 0 fully saturated rings. The van der Waals surface area contributed by atoms with E-state index >= 15 is 0 Å². The minimum absolute atomic E-state index is 0.120. The summed E-state index contributed by atoms with van der Waals surface area (Å²) in [5.41, 5.74) is 0.675. The second kappa shape index (κ2) is 5.61. The first-order valence-corrected chi connectivity index (χ1v) is 5.00. The van der Waals surface area contributed by atoms with E-state index in [1.807, 2.05) is 0 Å². The molecule has 5 heteroatoms. The summed E-state index contributed by atoms with van der Waals surface area (Å²) in [5, 5.41) is 0.392. The van der Waals surface area contributed by atoms with Crippen molar-refractivity contribution in [2.24, 2.45) is 0 Å². The zero-order valence-corrected chi connectivity index (χ0v) is 10.1. The average molecular weight is 245 g/mol. The van der Waals surface area contributed by atoms with Crippen molar-refractivity contribution in [2.45, 2.75) is 13.5 Å². The molecule has 88 valence electrons. The Morgan fingerprint density at radius 1 is 1.31 bits per heavy atom. The number of hydrogen-bond donors (Lipinski definition) is 0. The van der Waals surface area contributed by atoms with Crippen LogP contribution < -0.4 is 9.47 Å². The first-order valence-electron chi connectivity index (χ1n) is 4.62. The molecule has 0 aliphatic rings. The minimum atomic E-state index is -0.356. The van der Waals surface area contributed by atoms with Crippen molar-refractivity contribution in [3.63, 3.8) is 0 Å². The Labute approximate surface area is 99.1 Å². The highest BCUT2D eigenvalue weighted by atomic mass is 35.5. The SMILES string of the molecule is COc1ccc(COC(C)=O)c(Cl)c1OC. The fourth-order valence-corrected chi connectivity index (χ4v) is 1.51. The van der Waals surface area contributed by atoms with Gasteiger partial charge in [-0.1, -0.05) is 17.7 Å². The van der Waals surface area contributed by atoms with Crippen LogP contribution in [0.25, 0.3) is 0 Å². The predicted molar refractivity (Wildman–Crippen MR) is 60.0 cm³/mol. The summed E-state index contributed by atoms with van der Waals surface area (Å²) in [7, 11) is 3.03. The van der Waals surface area contributed by atoms with Gasteiger partial charge in [0, 0.05) is 12.5 Å². The molecule has 0 amide bonds. The molecule has 0 aliphatic carbocycles. The quantitative estimate of drug-likeness (QED) is 0.763. The molecule has 1 aromatic carbocycles. The third-order valence-electron chi connectivity index (χ3n) is 2.00. The third kappa shape index (κ3) is 2.79. The smallest absolute Gasteiger partial charge is 0.302 e. The van der Waals surface area contributed by atoms with Gasteiger partial charge in [-0.2, -0.15) is 0 Å². The molecule has 0 N–H and O–H groups in total. The van der Waals surface area contributed by atoms with Crippen LogP contribution in [-0.2, 0) is 16.1 Å². The summed E-state index contributed by atoms with van der Waals surface area (Å²) in [6.07, 6.45) is 0. The Bertz CT molecular complexity index is 390. The summed E-state index contributed by atoms with van der Waals surface area (Å²) in [5.74, 6) is 0.624. The van der Waals surface area contributed by atoms with Crippen molar-refractivity contribution >= 4 is 17.6 Å². The van der Waals surface area contributed by atoms with Gasteiger partial charge >= 0.3 is 5.97 Å². The van der Waals surface area contributed by atoms with Crippen molar-refractivity contribution in [3.05, 3.63) is 22.7 Å². The third-order valence-corrected chi connectivity index (χ3v) is 2.41. The van der Waals surface area contributed by atoms with Crippen LogP contribution in [0.1, 0.15) is 12.5 Å². The first kappa shape index (κ1) is 12.6. The van der Waals surface area contributed by atoms with Crippen molar-refractivity contribution in [2.75, 3.05) is 14.2 Å². The van der Waals surface area contributed by atoms with Crippen LogP contribution in [0, 0.1) is 0 Å². The molecular formula is C11H13ClO4. The molecule has 0 radical (unpaired) electrons. The van der Waals surface area contributed by atoms with E-state index in [2.05, 4.69) is 0 Å². The number of methoxy groups -OCH3 is 2. The number of carbonyl (C=O) groups is 1. The maximum Gasteiger partial charge on any atom is 0.302 e. The van der Waals surface area contributed by atoms with Crippen LogP contribution in [0.3, 0.4) is 0 Å². The maximum absolute atomic E-state index is 10.7. The number of hydrogen-bond acceptors (Lipinski definition) is 4. The highest BCUT2D eigenvalue weighted by Gasteiger charge is 2.13. The Hall–Kier alpha value is -1.42. The number of esters is 1. The molecule has 0 heterocycles. The zero-order chi connectivity index (χ0) is 12.1. The van der Waals surface area contributed by atoms with Gasteiger partial charge in [0.2, 0.25) is 0 Å². The summed E-state index contributed by atoms with van der Waals surface area (Å²) in [6.45, 7) is 1.46. The molecule has 1 aromatic rings. The topological polar surface area (TPSA) is 44.8 Å². The van der Waals surface area contributed by atoms with Gasteiger partial charge in [0.05, 0.1) is 19.2 Å². The summed E-state index contributed by atoms with van der Waals surface area (Å²) >= 11 is 6.08. The molecule has 0 aromatic heterocycles. The van der Waals surface area contributed by atoms with E-state index in [9.17, 15) is 4.79 Å². The number of rotatable bonds is 4. The van der Waals surface area contributed by atoms with Crippen molar-refractivity contribution in [1.29, 1.82) is 0 Å². The molecule has 0 bridgehead atoms. The Balaban J connectivity index is 2.99. The predicted octanol–water partition coefficient (Wildman–Crippen LogP) is 2.42. The molecule has 0 saturated heterocycles. The largest absolute Gasteiger partial charge is 0.493 e. The van der Waals surface area contributed by atoms with Crippen LogP contribution in [0.2, 0.25) is 5.02 Å². The van der Waals surface area contributed by atoms with E-state index in [0.29, 0.717) is 22.1 Å². The van der Waals surface area contributed by atoms with Crippen LogP contribution >= 0.6 is 11.6 Å². The normalized spacial score (nSPS) is 9.75. The van der Waals surface area contributed by atoms with Crippen LogP contribution in [0.5, 0.6) is 11.5 Å². The number of carbonyl (C=O) groups excluding carboxylic acids is 1. The second-order valence-electron chi connectivity index (χ2n) is 3.05. The van der Waals surface area contributed by atoms with Gasteiger partial charge in [0.25, 0.3) is 0 Å². The van der Waals surface area contributed by atoms with Gasteiger partial charge < -0.3 is 14.2 Å². The van der Waals surface area contributed by atoms with Gasteiger partial charge in [-0.05, 0) is 6.07 Å². The van der Waals surface area contributed by atoms with Gasteiger partial charge in [-0.15, -0.1) is 0 Å². The molecule has 0 unspecified atom stereocenters. The lowest BCUT2D eigenvalue weighted by Gasteiger charge is -2.12. The van der Waals surface area contributed by atoms with E-state index < -0.39 is 0 Å². The standard InChI is InChI=1S/C11H13ClO4/c1-7(13)16-6-8-4-5-9(14-2)11(15-3)10(8)12/h4-5H,6H2,1-3H3. The Kier molecular flexibility index (Phi) is 4.43. The molecule has 16 heavy (non-hydrogen) atoms. The lowest BCUT2D eigenvalue weighted by atomic mass is 10.2. The van der Waals surface area contributed by atoms with E-state index in [1.165, 1.54) is 21.1 Å². The van der Waals surface area contributed by atoms with Gasteiger partial charge in [-0.3, -0.25) is 4.79 Å². The van der Waals surface area contributed by atoms with Gasteiger partial charge in [0.1, 0.15) is 6.61 Å².